The van der Waals surface area contributed by atoms with Crippen LogP contribution in [-0.2, 0) is 30.4 Å². The number of aliphatic carboxylic acids is 1. The first-order valence-electron chi connectivity index (χ1n) is 13.3. The molecule has 2 aliphatic rings. The minimum atomic E-state index is -0.913. The number of carbonyl (C=O) groups excluding carboxylic acids is 1. The van der Waals surface area contributed by atoms with Crippen LogP contribution in [0, 0.1) is 0 Å². The van der Waals surface area contributed by atoms with Gasteiger partial charge < -0.3 is 29.7 Å². The van der Waals surface area contributed by atoms with Crippen molar-refractivity contribution >= 4 is 17.6 Å². The number of carboxylic acids is 1. The topological polar surface area (TPSA) is 118 Å². The number of carboxylic acid groups (broad SMARTS) is 1. The van der Waals surface area contributed by atoms with Crippen molar-refractivity contribution in [3.05, 3.63) is 65.2 Å². The monoisotopic (exact) mass is 526 g/mol. The Labute approximate surface area is 223 Å². The molecule has 4 rings (SSSR count). The summed E-state index contributed by atoms with van der Waals surface area (Å²) >= 11 is 0. The van der Waals surface area contributed by atoms with Crippen LogP contribution >= 0.6 is 0 Å². The van der Waals surface area contributed by atoms with Crippen LogP contribution in [0.5, 0.6) is 0 Å². The van der Waals surface area contributed by atoms with Crippen molar-refractivity contribution in [3.8, 4) is 0 Å². The summed E-state index contributed by atoms with van der Waals surface area (Å²) in [4.78, 5) is 25.5. The molecule has 0 unspecified atom stereocenters. The molecule has 2 aromatic rings. The Kier molecular flexibility index (Phi) is 10.3. The normalized spacial score (nSPS) is 23.8. The second-order valence-corrected chi connectivity index (χ2v) is 10.0. The van der Waals surface area contributed by atoms with Gasteiger partial charge in [0.15, 0.2) is 6.29 Å². The van der Waals surface area contributed by atoms with Crippen LogP contribution in [-0.4, -0.2) is 65.9 Å². The fourth-order valence-electron chi connectivity index (χ4n) is 5.20. The number of nitrogens with one attached hydrogen (secondary N) is 1. The molecule has 4 atom stereocenters. The molecular formula is C29H38N2O7. The quantitative estimate of drug-likeness (QED) is 0.380. The number of carbonyl (C=O) groups is 2. The molecule has 206 valence electrons. The second-order valence-electron chi connectivity index (χ2n) is 10.0. The molecule has 38 heavy (non-hydrogen) atoms. The molecule has 2 aliphatic heterocycles. The van der Waals surface area contributed by atoms with E-state index in [1.54, 1.807) is 13.2 Å². The van der Waals surface area contributed by atoms with Crippen molar-refractivity contribution in [2.75, 3.05) is 32.1 Å². The van der Waals surface area contributed by atoms with Crippen LogP contribution < -0.4 is 5.32 Å². The van der Waals surface area contributed by atoms with E-state index in [1.807, 2.05) is 42.5 Å². The van der Waals surface area contributed by atoms with Crippen molar-refractivity contribution in [2.24, 2.45) is 0 Å². The minimum Gasteiger partial charge on any atom is -0.481 e. The maximum atomic E-state index is 12.3. The summed E-state index contributed by atoms with van der Waals surface area (Å²) in [7, 11) is 1.74. The molecule has 9 nitrogen and oxygen atoms in total. The number of rotatable bonds is 12. The number of nitrogens with zero attached hydrogens (tertiary/aromatic N) is 1. The van der Waals surface area contributed by atoms with Crippen LogP contribution in [0.15, 0.2) is 48.5 Å². The van der Waals surface area contributed by atoms with E-state index in [0.717, 1.165) is 42.6 Å². The Balaban J connectivity index is 1.49. The number of methoxy groups -OCH3 is 1. The number of hydrogen-bond acceptors (Lipinski definition) is 7. The van der Waals surface area contributed by atoms with Crippen molar-refractivity contribution in [3.63, 3.8) is 0 Å². The summed E-state index contributed by atoms with van der Waals surface area (Å²) in [5, 5.41) is 21.1. The highest BCUT2D eigenvalue weighted by molar-refractivity contribution is 5.90. The van der Waals surface area contributed by atoms with Crippen LogP contribution in [0.3, 0.4) is 0 Å². The van der Waals surface area contributed by atoms with Gasteiger partial charge in [0.25, 0.3) is 0 Å². The standard InChI is InChI=1S/C29H38N2O7/c1-36-19-24-7-4-14-31(24)17-25-16-26(21-12-10-20(18-32)11-13-21)38-29(37-25)22-5-2-6-23(15-22)30-27(33)8-3-9-28(34)35/h2,5-6,10-13,15,24-26,29,32H,3-4,7-9,14,16-19H2,1H3,(H,30,33)(H,34,35)/t24-,25-,26+,29+/m0/s1. The largest absolute Gasteiger partial charge is 0.481 e. The number of aliphatic hydroxyl groups is 1. The van der Waals surface area contributed by atoms with Gasteiger partial charge in [-0.05, 0) is 49.1 Å². The van der Waals surface area contributed by atoms with Crippen molar-refractivity contribution < 1.29 is 34.0 Å². The van der Waals surface area contributed by atoms with E-state index in [1.165, 1.54) is 0 Å². The fourth-order valence-corrected chi connectivity index (χ4v) is 5.20. The van der Waals surface area contributed by atoms with Crippen LogP contribution in [0.4, 0.5) is 5.69 Å². The summed E-state index contributed by atoms with van der Waals surface area (Å²) in [6.07, 6.45) is 2.46. The van der Waals surface area contributed by atoms with E-state index in [2.05, 4.69) is 10.2 Å². The Morgan fingerprint density at radius 3 is 2.66 bits per heavy atom. The zero-order chi connectivity index (χ0) is 26.9. The lowest BCUT2D eigenvalue weighted by molar-refractivity contribution is -0.253. The van der Waals surface area contributed by atoms with Gasteiger partial charge in [-0.1, -0.05) is 36.4 Å². The summed E-state index contributed by atoms with van der Waals surface area (Å²) in [5.41, 5.74) is 3.28. The zero-order valence-electron chi connectivity index (χ0n) is 21.9. The third-order valence-electron chi connectivity index (χ3n) is 7.15. The average molecular weight is 527 g/mol. The van der Waals surface area contributed by atoms with Crippen molar-refractivity contribution in [2.45, 2.75) is 69.7 Å². The summed E-state index contributed by atoms with van der Waals surface area (Å²) in [6, 6.07) is 15.6. The van der Waals surface area contributed by atoms with Gasteiger partial charge in [0.05, 0.1) is 25.4 Å². The minimum absolute atomic E-state index is 0.00909. The van der Waals surface area contributed by atoms with E-state index in [4.69, 9.17) is 19.3 Å². The molecule has 9 heteroatoms. The molecule has 2 aromatic carbocycles. The molecule has 0 spiro atoms. The first-order chi connectivity index (χ1) is 18.4. The van der Waals surface area contributed by atoms with Gasteiger partial charge in [0.1, 0.15) is 0 Å². The number of amides is 1. The number of hydrogen-bond donors (Lipinski definition) is 3. The van der Waals surface area contributed by atoms with Gasteiger partial charge in [-0.25, -0.2) is 0 Å². The smallest absolute Gasteiger partial charge is 0.303 e. The van der Waals surface area contributed by atoms with Crippen molar-refractivity contribution in [1.29, 1.82) is 0 Å². The first-order valence-corrected chi connectivity index (χ1v) is 13.3. The molecule has 2 saturated heterocycles. The highest BCUT2D eigenvalue weighted by Gasteiger charge is 2.35. The predicted molar refractivity (Wildman–Crippen MR) is 141 cm³/mol. The first kappa shape index (κ1) is 28.2. The van der Waals surface area contributed by atoms with Gasteiger partial charge in [-0.2, -0.15) is 0 Å². The highest BCUT2D eigenvalue weighted by atomic mass is 16.7. The van der Waals surface area contributed by atoms with Gasteiger partial charge in [0, 0.05) is 50.2 Å². The predicted octanol–water partition coefficient (Wildman–Crippen LogP) is 4.03. The summed E-state index contributed by atoms with van der Waals surface area (Å²) in [6.45, 7) is 2.48. The Morgan fingerprint density at radius 1 is 1.11 bits per heavy atom. The Morgan fingerprint density at radius 2 is 1.92 bits per heavy atom. The summed E-state index contributed by atoms with van der Waals surface area (Å²) < 4.78 is 18.4. The maximum absolute atomic E-state index is 12.3. The zero-order valence-corrected chi connectivity index (χ0v) is 21.9. The lowest BCUT2D eigenvalue weighted by Gasteiger charge is -2.39. The van der Waals surface area contributed by atoms with E-state index in [0.29, 0.717) is 24.8 Å². The van der Waals surface area contributed by atoms with Gasteiger partial charge in [-0.15, -0.1) is 0 Å². The lowest BCUT2D eigenvalue weighted by atomic mass is 9.99. The molecule has 1 amide bonds. The Bertz CT molecular complexity index is 1060. The average Bonchev–Trinajstić information content (AvgIpc) is 3.35. The molecule has 2 heterocycles. The van der Waals surface area contributed by atoms with Gasteiger partial charge >= 0.3 is 5.97 Å². The molecular weight excluding hydrogens is 488 g/mol. The molecule has 0 aliphatic carbocycles. The molecule has 0 aromatic heterocycles. The van der Waals surface area contributed by atoms with E-state index in [-0.39, 0.29) is 44.0 Å². The highest BCUT2D eigenvalue weighted by Crippen LogP contribution is 2.39. The van der Waals surface area contributed by atoms with Crippen molar-refractivity contribution in [1.82, 2.24) is 4.90 Å². The number of likely N-dealkylation sites (tertiary alicyclic amines) is 1. The molecule has 0 saturated carbocycles. The third kappa shape index (κ3) is 7.85. The van der Waals surface area contributed by atoms with Crippen LogP contribution in [0.2, 0.25) is 0 Å². The molecule has 2 fully saturated rings. The van der Waals surface area contributed by atoms with E-state index >= 15 is 0 Å². The molecule has 3 N–H and O–H groups in total. The van der Waals surface area contributed by atoms with Gasteiger partial charge in [0.2, 0.25) is 5.91 Å². The molecule has 0 radical (unpaired) electrons. The number of anilines is 1. The molecule has 0 bridgehead atoms. The maximum Gasteiger partial charge on any atom is 0.303 e. The number of benzene rings is 2. The fraction of sp³-hybridized carbons (Fsp3) is 0.517. The van der Waals surface area contributed by atoms with Crippen LogP contribution in [0.25, 0.3) is 0 Å². The Hall–Kier alpha value is -2.82. The lowest BCUT2D eigenvalue weighted by Crippen LogP contribution is -2.42. The summed E-state index contributed by atoms with van der Waals surface area (Å²) in [5.74, 6) is -1.14. The number of ether oxygens (including phenoxy) is 3. The SMILES string of the molecule is COC[C@@H]1CCCN1C[C@@H]1C[C@H](c2ccc(CO)cc2)O[C@H](c2cccc(NC(=O)CCCC(=O)O)c2)O1. The van der Waals surface area contributed by atoms with E-state index in [9.17, 15) is 14.7 Å². The third-order valence-corrected chi connectivity index (χ3v) is 7.15. The van der Waals surface area contributed by atoms with Gasteiger partial charge in [-0.3, -0.25) is 14.5 Å². The number of aliphatic hydroxyl groups excluding tert-OH is 1. The van der Waals surface area contributed by atoms with Crippen LogP contribution in [0.1, 0.15) is 67.6 Å². The van der Waals surface area contributed by atoms with E-state index < -0.39 is 12.3 Å². The second kappa shape index (κ2) is 13.8.